The highest BCUT2D eigenvalue weighted by Crippen LogP contribution is 2.36. The summed E-state index contributed by atoms with van der Waals surface area (Å²) in [5.74, 6) is 0.573. The van der Waals surface area contributed by atoms with Gasteiger partial charge in [0.2, 0.25) is 0 Å². The van der Waals surface area contributed by atoms with Crippen LogP contribution in [0.5, 0.6) is 0 Å². The average molecular weight is 425 g/mol. The van der Waals surface area contributed by atoms with Gasteiger partial charge in [0.15, 0.2) is 5.96 Å². The molecule has 0 aliphatic carbocycles. The molecule has 2 heterocycles. The predicted molar refractivity (Wildman–Crippen MR) is 122 cm³/mol. The molecule has 5 nitrogen and oxygen atoms in total. The summed E-state index contributed by atoms with van der Waals surface area (Å²) in [6.07, 6.45) is 4.83. The smallest absolute Gasteiger partial charge is 0.191 e. The van der Waals surface area contributed by atoms with Crippen LogP contribution in [-0.4, -0.2) is 43.1 Å². The molecule has 0 saturated carbocycles. The Bertz CT molecular complexity index is 874. The zero-order chi connectivity index (χ0) is 21.6. The fourth-order valence-electron chi connectivity index (χ4n) is 5.02. The van der Waals surface area contributed by atoms with Crippen molar-refractivity contribution in [3.63, 3.8) is 0 Å². The molecule has 2 fully saturated rings. The van der Waals surface area contributed by atoms with E-state index in [4.69, 9.17) is 4.74 Å². The van der Waals surface area contributed by atoms with E-state index < -0.39 is 0 Å². The van der Waals surface area contributed by atoms with Crippen molar-refractivity contribution in [3.05, 3.63) is 71.0 Å². The van der Waals surface area contributed by atoms with Gasteiger partial charge in [0.1, 0.15) is 5.82 Å². The molecule has 166 valence electrons. The first-order valence-electron chi connectivity index (χ1n) is 11.2. The summed E-state index contributed by atoms with van der Waals surface area (Å²) in [7, 11) is 3.38. The van der Waals surface area contributed by atoms with Gasteiger partial charge in [-0.05, 0) is 48.9 Å². The number of guanidine groups is 1. The molecule has 2 aliphatic heterocycles. The molecule has 4 rings (SSSR count). The lowest BCUT2D eigenvalue weighted by molar-refractivity contribution is 0.114. The van der Waals surface area contributed by atoms with Crippen molar-refractivity contribution < 1.29 is 9.13 Å². The van der Waals surface area contributed by atoms with E-state index in [9.17, 15) is 4.39 Å². The fourth-order valence-corrected chi connectivity index (χ4v) is 5.02. The Labute approximate surface area is 184 Å². The lowest BCUT2D eigenvalue weighted by Crippen LogP contribution is -2.52. The van der Waals surface area contributed by atoms with Crippen LogP contribution in [0, 0.1) is 5.82 Å². The maximum atomic E-state index is 13.8. The van der Waals surface area contributed by atoms with Crippen LogP contribution in [0.2, 0.25) is 0 Å². The molecule has 0 amide bonds. The zero-order valence-electron chi connectivity index (χ0n) is 18.5. The lowest BCUT2D eigenvalue weighted by atomic mass is 9.96. The molecule has 2 unspecified atom stereocenters. The number of ether oxygens (including phenoxy) is 1. The van der Waals surface area contributed by atoms with E-state index >= 15 is 0 Å². The van der Waals surface area contributed by atoms with Crippen LogP contribution in [0.1, 0.15) is 42.4 Å². The summed E-state index contributed by atoms with van der Waals surface area (Å²) in [6, 6.07) is 17.6. The summed E-state index contributed by atoms with van der Waals surface area (Å²) in [4.78, 5) is 7.11. The van der Waals surface area contributed by atoms with Gasteiger partial charge < -0.3 is 15.4 Å². The summed E-state index contributed by atoms with van der Waals surface area (Å²) in [5, 5.41) is 7.01. The normalized spacial score (nSPS) is 23.7. The Hall–Kier alpha value is -2.44. The molecular weight excluding hydrogens is 391 g/mol. The maximum Gasteiger partial charge on any atom is 0.191 e. The third kappa shape index (κ3) is 5.43. The third-order valence-electron chi connectivity index (χ3n) is 6.53. The Morgan fingerprint density at radius 2 is 1.84 bits per heavy atom. The Morgan fingerprint density at radius 1 is 1.10 bits per heavy atom. The van der Waals surface area contributed by atoms with Gasteiger partial charge in [0, 0.05) is 50.9 Å². The van der Waals surface area contributed by atoms with Crippen molar-refractivity contribution in [1.82, 2.24) is 15.5 Å². The van der Waals surface area contributed by atoms with Crippen LogP contribution in [0.25, 0.3) is 0 Å². The van der Waals surface area contributed by atoms with Crippen LogP contribution in [-0.2, 0) is 24.4 Å². The number of halogens is 1. The quantitative estimate of drug-likeness (QED) is 0.524. The second-order valence-electron chi connectivity index (χ2n) is 8.64. The molecular formula is C25H33FN4O. The molecule has 0 spiro atoms. The maximum absolute atomic E-state index is 13.8. The second-order valence-corrected chi connectivity index (χ2v) is 8.64. The Kier molecular flexibility index (Phi) is 7.20. The van der Waals surface area contributed by atoms with Crippen molar-refractivity contribution in [1.29, 1.82) is 0 Å². The number of nitrogens with zero attached hydrogens (tertiary/aromatic N) is 2. The molecule has 6 heteroatoms. The lowest BCUT2D eigenvalue weighted by Gasteiger charge is -2.39. The van der Waals surface area contributed by atoms with Crippen LogP contribution >= 0.6 is 0 Å². The minimum atomic E-state index is -0.231. The van der Waals surface area contributed by atoms with E-state index in [1.165, 1.54) is 24.5 Å². The fraction of sp³-hybridized carbons (Fsp3) is 0.480. The molecule has 2 N–H and O–H groups in total. The predicted octanol–water partition coefficient (Wildman–Crippen LogP) is 3.83. The number of methoxy groups -OCH3 is 1. The average Bonchev–Trinajstić information content (AvgIpc) is 3.01. The minimum absolute atomic E-state index is 0.231. The monoisotopic (exact) mass is 424 g/mol. The summed E-state index contributed by atoms with van der Waals surface area (Å²) in [6.45, 7) is 1.91. The highest BCUT2D eigenvalue weighted by molar-refractivity contribution is 5.80. The summed E-state index contributed by atoms with van der Waals surface area (Å²) >= 11 is 0. The minimum Gasteiger partial charge on any atom is -0.380 e. The molecule has 0 radical (unpaired) electrons. The molecule has 2 saturated heterocycles. The van der Waals surface area contributed by atoms with E-state index in [-0.39, 0.29) is 12.4 Å². The first-order chi connectivity index (χ1) is 15.2. The van der Waals surface area contributed by atoms with Crippen molar-refractivity contribution in [3.8, 4) is 0 Å². The molecule has 2 aliphatic rings. The summed E-state index contributed by atoms with van der Waals surface area (Å²) in [5.41, 5.74) is 2.98. The number of hydrogen-bond acceptors (Lipinski definition) is 3. The topological polar surface area (TPSA) is 48.9 Å². The van der Waals surface area contributed by atoms with Crippen molar-refractivity contribution >= 4 is 5.96 Å². The SMILES string of the molecule is CN=C(NCc1ccc(F)c(COC)c1)NC1CC2CCC(C1)N2Cc1ccccc1. The first kappa shape index (κ1) is 21.8. The van der Waals surface area contributed by atoms with Gasteiger partial charge >= 0.3 is 0 Å². The largest absolute Gasteiger partial charge is 0.380 e. The van der Waals surface area contributed by atoms with Crippen LogP contribution < -0.4 is 10.6 Å². The van der Waals surface area contributed by atoms with E-state index in [0.717, 1.165) is 30.9 Å². The van der Waals surface area contributed by atoms with E-state index in [2.05, 4.69) is 50.9 Å². The molecule has 2 aromatic rings. The second kappa shape index (κ2) is 10.2. The van der Waals surface area contributed by atoms with Crippen molar-refractivity contribution in [2.75, 3.05) is 14.2 Å². The van der Waals surface area contributed by atoms with Crippen molar-refractivity contribution in [2.45, 2.75) is 63.5 Å². The Balaban J connectivity index is 1.30. The van der Waals surface area contributed by atoms with Gasteiger partial charge in [0.25, 0.3) is 0 Å². The van der Waals surface area contributed by atoms with Crippen LogP contribution in [0.4, 0.5) is 4.39 Å². The summed E-state index contributed by atoms with van der Waals surface area (Å²) < 4.78 is 18.9. The standard InChI is InChI=1S/C25H33FN4O/c1-27-25(28-15-19-8-11-24(26)20(12-19)17-31-2)29-21-13-22-9-10-23(14-21)30(22)16-18-6-4-3-5-7-18/h3-8,11-12,21-23H,9-10,13-17H2,1-2H3,(H2,27,28,29). The van der Waals surface area contributed by atoms with Gasteiger partial charge in [-0.15, -0.1) is 0 Å². The van der Waals surface area contributed by atoms with E-state index in [1.807, 2.05) is 6.07 Å². The molecule has 31 heavy (non-hydrogen) atoms. The van der Waals surface area contributed by atoms with Gasteiger partial charge in [-0.3, -0.25) is 9.89 Å². The number of rotatable bonds is 7. The van der Waals surface area contributed by atoms with Crippen LogP contribution in [0.15, 0.2) is 53.5 Å². The van der Waals surface area contributed by atoms with Crippen LogP contribution in [0.3, 0.4) is 0 Å². The number of nitrogens with one attached hydrogen (secondary N) is 2. The number of hydrogen-bond donors (Lipinski definition) is 2. The molecule has 2 bridgehead atoms. The van der Waals surface area contributed by atoms with Gasteiger partial charge in [0.05, 0.1) is 6.61 Å². The van der Waals surface area contributed by atoms with Gasteiger partial charge in [-0.1, -0.05) is 36.4 Å². The highest BCUT2D eigenvalue weighted by Gasteiger charge is 2.40. The molecule has 0 aromatic heterocycles. The van der Waals surface area contributed by atoms with Gasteiger partial charge in [-0.25, -0.2) is 4.39 Å². The number of benzene rings is 2. The highest BCUT2D eigenvalue weighted by atomic mass is 19.1. The molecule has 2 atom stereocenters. The third-order valence-corrected chi connectivity index (χ3v) is 6.53. The Morgan fingerprint density at radius 3 is 2.52 bits per heavy atom. The zero-order valence-corrected chi connectivity index (χ0v) is 18.5. The van der Waals surface area contributed by atoms with E-state index in [0.29, 0.717) is 30.2 Å². The molecule has 2 aromatic carbocycles. The number of fused-ring (bicyclic) bond motifs is 2. The first-order valence-corrected chi connectivity index (χ1v) is 11.2. The number of aliphatic imine (C=N–C) groups is 1. The van der Waals surface area contributed by atoms with Gasteiger partial charge in [-0.2, -0.15) is 0 Å². The van der Waals surface area contributed by atoms with Crippen molar-refractivity contribution in [2.24, 2.45) is 4.99 Å². The van der Waals surface area contributed by atoms with E-state index in [1.54, 1.807) is 20.2 Å². The number of piperidine rings is 1.